The monoisotopic (exact) mass is 385 g/mol. The molecular formula is C19H16ClN3O4. The van der Waals surface area contributed by atoms with Crippen molar-refractivity contribution in [3.8, 4) is 0 Å². The van der Waals surface area contributed by atoms with Crippen LogP contribution in [0.1, 0.15) is 18.1 Å². The summed E-state index contributed by atoms with van der Waals surface area (Å²) in [5.41, 5.74) is 1.31. The SMILES string of the molecule is CC1C(C(=O)O)=C(c2cccc([N+](=O)[O-])c2)N=C(c2ccc(Cl)cc2)N1C. The third-order valence-electron chi connectivity index (χ3n) is 4.47. The molecule has 0 spiro atoms. The summed E-state index contributed by atoms with van der Waals surface area (Å²) in [7, 11) is 1.76. The molecule has 0 aromatic heterocycles. The topological polar surface area (TPSA) is 96.0 Å². The number of aliphatic carboxylic acids is 1. The summed E-state index contributed by atoms with van der Waals surface area (Å²) in [5, 5.41) is 21.4. The lowest BCUT2D eigenvalue weighted by atomic mass is 9.97. The summed E-state index contributed by atoms with van der Waals surface area (Å²) in [5.74, 6) is -0.555. The summed E-state index contributed by atoms with van der Waals surface area (Å²) in [6.45, 7) is 1.76. The van der Waals surface area contributed by atoms with E-state index >= 15 is 0 Å². The van der Waals surface area contributed by atoms with E-state index in [0.29, 0.717) is 16.4 Å². The van der Waals surface area contributed by atoms with E-state index in [9.17, 15) is 20.0 Å². The molecule has 0 saturated heterocycles. The summed E-state index contributed by atoms with van der Waals surface area (Å²) >= 11 is 5.95. The van der Waals surface area contributed by atoms with Crippen molar-refractivity contribution in [2.24, 2.45) is 4.99 Å². The number of carboxylic acids is 1. The van der Waals surface area contributed by atoms with Gasteiger partial charge in [-0.2, -0.15) is 0 Å². The molecule has 0 bridgehead atoms. The minimum atomic E-state index is -1.12. The Hall–Kier alpha value is -3.19. The van der Waals surface area contributed by atoms with E-state index in [1.165, 1.54) is 18.2 Å². The third kappa shape index (κ3) is 3.54. The molecule has 1 heterocycles. The molecule has 2 aromatic rings. The Bertz CT molecular complexity index is 983. The van der Waals surface area contributed by atoms with Gasteiger partial charge in [-0.1, -0.05) is 23.7 Å². The second kappa shape index (κ2) is 7.20. The molecule has 0 amide bonds. The molecule has 0 fully saturated rings. The zero-order valence-corrected chi connectivity index (χ0v) is 15.3. The van der Waals surface area contributed by atoms with Gasteiger partial charge in [-0.25, -0.2) is 9.79 Å². The first-order valence-corrected chi connectivity index (χ1v) is 8.47. The first-order chi connectivity index (χ1) is 12.8. The van der Waals surface area contributed by atoms with E-state index in [1.807, 2.05) is 0 Å². The summed E-state index contributed by atoms with van der Waals surface area (Å²) in [4.78, 5) is 28.8. The fraction of sp³-hybridized carbons (Fsp3) is 0.158. The summed E-state index contributed by atoms with van der Waals surface area (Å²) in [6.07, 6.45) is 0. The minimum absolute atomic E-state index is 0.0794. The molecule has 1 N–H and O–H groups in total. The molecule has 3 rings (SSSR count). The van der Waals surface area contributed by atoms with Crippen molar-refractivity contribution in [3.05, 3.63) is 80.4 Å². The Morgan fingerprint density at radius 3 is 2.48 bits per heavy atom. The van der Waals surface area contributed by atoms with Crippen LogP contribution >= 0.6 is 11.6 Å². The Labute approximate surface area is 160 Å². The smallest absolute Gasteiger partial charge is 0.335 e. The quantitative estimate of drug-likeness (QED) is 0.637. The van der Waals surface area contributed by atoms with Gasteiger partial charge in [0.15, 0.2) is 0 Å². The van der Waals surface area contributed by atoms with Crippen LogP contribution in [-0.4, -0.2) is 39.8 Å². The Morgan fingerprint density at radius 2 is 1.89 bits per heavy atom. The molecule has 1 atom stereocenters. The van der Waals surface area contributed by atoms with Crippen molar-refractivity contribution in [1.82, 2.24) is 4.90 Å². The predicted octanol–water partition coefficient (Wildman–Crippen LogP) is 3.82. The standard InChI is InChI=1S/C19H16ClN3O4/c1-11-16(19(24)25)17(13-4-3-5-15(10-13)23(26)27)21-18(22(11)2)12-6-8-14(20)9-7-12/h3-11H,1-2H3,(H,24,25). The van der Waals surface area contributed by atoms with Crippen molar-refractivity contribution in [2.45, 2.75) is 13.0 Å². The first-order valence-electron chi connectivity index (χ1n) is 8.09. The Balaban J connectivity index is 2.22. The maximum atomic E-state index is 11.9. The molecule has 138 valence electrons. The maximum Gasteiger partial charge on any atom is 0.335 e. The molecule has 8 heteroatoms. The molecule has 0 radical (unpaired) electrons. The number of carboxylic acid groups (broad SMARTS) is 1. The van der Waals surface area contributed by atoms with Crippen LogP contribution in [-0.2, 0) is 4.79 Å². The lowest BCUT2D eigenvalue weighted by Crippen LogP contribution is -2.41. The normalized spacial score (nSPS) is 16.9. The van der Waals surface area contributed by atoms with Crippen LogP contribution in [0.25, 0.3) is 5.70 Å². The highest BCUT2D eigenvalue weighted by atomic mass is 35.5. The van der Waals surface area contributed by atoms with Crippen molar-refractivity contribution < 1.29 is 14.8 Å². The third-order valence-corrected chi connectivity index (χ3v) is 4.72. The highest BCUT2D eigenvalue weighted by molar-refractivity contribution is 6.30. The molecule has 1 unspecified atom stereocenters. The predicted molar refractivity (Wildman–Crippen MR) is 103 cm³/mol. The highest BCUT2D eigenvalue weighted by Crippen LogP contribution is 2.32. The number of hydrogen-bond acceptors (Lipinski definition) is 5. The van der Waals surface area contributed by atoms with Crippen LogP contribution in [0.3, 0.4) is 0 Å². The van der Waals surface area contributed by atoms with Crippen molar-refractivity contribution in [1.29, 1.82) is 0 Å². The molecule has 0 saturated carbocycles. The zero-order valence-electron chi connectivity index (χ0n) is 14.6. The summed E-state index contributed by atoms with van der Waals surface area (Å²) < 4.78 is 0. The number of hydrogen-bond donors (Lipinski definition) is 1. The molecule has 0 aliphatic carbocycles. The molecule has 7 nitrogen and oxygen atoms in total. The van der Waals surface area contributed by atoms with Gasteiger partial charge in [0.25, 0.3) is 5.69 Å². The second-order valence-corrected chi connectivity index (χ2v) is 6.54. The fourth-order valence-electron chi connectivity index (χ4n) is 2.95. The van der Waals surface area contributed by atoms with Crippen molar-refractivity contribution >= 4 is 34.8 Å². The molecular weight excluding hydrogens is 370 g/mol. The number of benzene rings is 2. The number of halogens is 1. The van der Waals surface area contributed by atoms with Gasteiger partial charge in [-0.05, 0) is 31.2 Å². The van der Waals surface area contributed by atoms with Crippen LogP contribution < -0.4 is 0 Å². The van der Waals surface area contributed by atoms with Crippen molar-refractivity contribution in [2.75, 3.05) is 7.05 Å². The molecule has 27 heavy (non-hydrogen) atoms. The van der Waals surface area contributed by atoms with E-state index in [1.54, 1.807) is 49.2 Å². The van der Waals surface area contributed by atoms with E-state index in [2.05, 4.69) is 4.99 Å². The summed E-state index contributed by atoms with van der Waals surface area (Å²) in [6, 6.07) is 12.4. The minimum Gasteiger partial charge on any atom is -0.478 e. The molecule has 1 aliphatic heterocycles. The average molecular weight is 386 g/mol. The largest absolute Gasteiger partial charge is 0.478 e. The second-order valence-electron chi connectivity index (χ2n) is 6.10. The number of nitrogens with zero attached hydrogens (tertiary/aromatic N) is 3. The highest BCUT2D eigenvalue weighted by Gasteiger charge is 2.32. The van der Waals surface area contributed by atoms with Crippen LogP contribution in [0, 0.1) is 10.1 Å². The lowest BCUT2D eigenvalue weighted by Gasteiger charge is -2.33. The van der Waals surface area contributed by atoms with Crippen LogP contribution in [0.5, 0.6) is 0 Å². The molecule has 2 aromatic carbocycles. The lowest BCUT2D eigenvalue weighted by molar-refractivity contribution is -0.384. The number of non-ortho nitro benzene ring substituents is 1. The zero-order chi connectivity index (χ0) is 19.7. The van der Waals surface area contributed by atoms with E-state index < -0.39 is 16.9 Å². The van der Waals surface area contributed by atoms with Crippen molar-refractivity contribution in [3.63, 3.8) is 0 Å². The number of amidine groups is 1. The number of rotatable bonds is 4. The van der Waals surface area contributed by atoms with Gasteiger partial charge in [-0.15, -0.1) is 0 Å². The van der Waals surface area contributed by atoms with Gasteiger partial charge < -0.3 is 10.0 Å². The van der Waals surface area contributed by atoms with Gasteiger partial charge in [0, 0.05) is 35.3 Å². The van der Waals surface area contributed by atoms with Gasteiger partial charge in [0.2, 0.25) is 0 Å². The maximum absolute atomic E-state index is 11.9. The molecule has 1 aliphatic rings. The Morgan fingerprint density at radius 1 is 1.22 bits per heavy atom. The number of likely N-dealkylation sites (N-methyl/N-ethyl adjacent to an activating group) is 1. The number of nitro groups is 1. The van der Waals surface area contributed by atoms with Gasteiger partial charge in [0.05, 0.1) is 22.2 Å². The van der Waals surface area contributed by atoms with Crippen LogP contribution in [0.2, 0.25) is 5.02 Å². The number of aliphatic imine (C=N–C) groups is 1. The average Bonchev–Trinajstić information content (AvgIpc) is 2.64. The van der Waals surface area contributed by atoms with E-state index in [4.69, 9.17) is 11.6 Å². The number of carbonyl (C=O) groups is 1. The first kappa shape index (κ1) is 18.6. The van der Waals surface area contributed by atoms with Gasteiger partial charge >= 0.3 is 5.97 Å². The van der Waals surface area contributed by atoms with E-state index in [0.717, 1.165) is 5.56 Å². The Kier molecular flexibility index (Phi) is 4.96. The van der Waals surface area contributed by atoms with Crippen LogP contribution in [0.15, 0.2) is 59.1 Å². The van der Waals surface area contributed by atoms with E-state index in [-0.39, 0.29) is 17.0 Å². The van der Waals surface area contributed by atoms with Gasteiger partial charge in [0.1, 0.15) is 5.84 Å². The van der Waals surface area contributed by atoms with Crippen LogP contribution in [0.4, 0.5) is 5.69 Å². The van der Waals surface area contributed by atoms with Gasteiger partial charge in [-0.3, -0.25) is 10.1 Å². The fourth-order valence-corrected chi connectivity index (χ4v) is 3.08. The number of nitro benzene ring substituents is 1.